The van der Waals surface area contributed by atoms with Crippen LogP contribution in [0, 0.1) is 35.5 Å². The van der Waals surface area contributed by atoms with Gasteiger partial charge in [0.05, 0.1) is 0 Å². The minimum Gasteiger partial charge on any atom is -0.0651 e. The second-order valence-electron chi connectivity index (χ2n) is 8.13. The van der Waals surface area contributed by atoms with Crippen LogP contribution in [0.5, 0.6) is 0 Å². The molecule has 0 aliphatic carbocycles. The van der Waals surface area contributed by atoms with Gasteiger partial charge in [-0.2, -0.15) is 0 Å². The molecule has 0 heteroatoms. The summed E-state index contributed by atoms with van der Waals surface area (Å²) >= 11 is 0. The van der Waals surface area contributed by atoms with Crippen LogP contribution in [0.15, 0.2) is 0 Å². The molecule has 0 aliphatic rings. The van der Waals surface area contributed by atoms with Crippen LogP contribution in [-0.2, 0) is 0 Å². The molecule has 0 amide bonds. The molecular weight excluding hydrogens is 252 g/mol. The Labute approximate surface area is 136 Å². The van der Waals surface area contributed by atoms with E-state index < -0.39 is 0 Å². The Bertz CT molecular complexity index is 230. The van der Waals surface area contributed by atoms with Gasteiger partial charge in [0.15, 0.2) is 0 Å². The van der Waals surface area contributed by atoms with Crippen LogP contribution in [0.4, 0.5) is 0 Å². The van der Waals surface area contributed by atoms with Gasteiger partial charge in [-0.05, 0) is 35.5 Å². The van der Waals surface area contributed by atoms with E-state index in [2.05, 4.69) is 55.4 Å². The normalized spacial score (nSPS) is 19.3. The molecule has 0 nitrogen and oxygen atoms in total. The molecule has 128 valence electrons. The maximum Gasteiger partial charge on any atom is -0.0386 e. The molecule has 0 aromatic carbocycles. The van der Waals surface area contributed by atoms with Crippen molar-refractivity contribution in [2.75, 3.05) is 0 Å². The van der Waals surface area contributed by atoms with Crippen molar-refractivity contribution in [1.82, 2.24) is 0 Å². The topological polar surface area (TPSA) is 0 Å². The maximum atomic E-state index is 2.49. The quantitative estimate of drug-likeness (QED) is 0.326. The smallest absolute Gasteiger partial charge is 0.0386 e. The van der Waals surface area contributed by atoms with Crippen LogP contribution in [-0.4, -0.2) is 0 Å². The molecule has 0 radical (unpaired) electrons. The molecule has 0 aromatic rings. The van der Waals surface area contributed by atoms with Gasteiger partial charge in [-0.25, -0.2) is 0 Å². The van der Waals surface area contributed by atoms with E-state index in [0.717, 1.165) is 35.5 Å². The highest BCUT2D eigenvalue weighted by molar-refractivity contribution is 4.73. The molecule has 0 spiro atoms. The molecule has 0 aliphatic heterocycles. The van der Waals surface area contributed by atoms with Gasteiger partial charge < -0.3 is 0 Å². The van der Waals surface area contributed by atoms with Crippen molar-refractivity contribution in [3.8, 4) is 0 Å². The van der Waals surface area contributed by atoms with Crippen molar-refractivity contribution >= 4 is 0 Å². The first kappa shape index (κ1) is 21.0. The molecule has 21 heavy (non-hydrogen) atoms. The average molecular weight is 297 g/mol. The SMILES string of the molecule is CCC(C)C(C)CCCCCC(CC)C(C)C(C)C(C)C. The second kappa shape index (κ2) is 11.6. The molecule has 0 aromatic heterocycles. The summed E-state index contributed by atoms with van der Waals surface area (Å²) in [6.07, 6.45) is 9.92. The summed E-state index contributed by atoms with van der Waals surface area (Å²) in [7, 11) is 0. The Morgan fingerprint density at radius 3 is 1.62 bits per heavy atom. The Balaban J connectivity index is 3.92. The van der Waals surface area contributed by atoms with E-state index in [1.54, 1.807) is 0 Å². The third-order valence-electron chi connectivity index (χ3n) is 6.50. The van der Waals surface area contributed by atoms with Crippen molar-refractivity contribution in [3.05, 3.63) is 0 Å². The molecule has 0 N–H and O–H groups in total. The lowest BCUT2D eigenvalue weighted by molar-refractivity contribution is 0.193. The highest BCUT2D eigenvalue weighted by Crippen LogP contribution is 2.32. The molecule has 5 unspecified atom stereocenters. The minimum absolute atomic E-state index is 0.824. The molecule has 0 rings (SSSR count). The molecule has 5 atom stereocenters. The lowest BCUT2D eigenvalue weighted by Crippen LogP contribution is -2.22. The van der Waals surface area contributed by atoms with Gasteiger partial charge in [-0.1, -0.05) is 100 Å². The number of unbranched alkanes of at least 4 members (excludes halogenated alkanes) is 2. The number of hydrogen-bond acceptors (Lipinski definition) is 0. The van der Waals surface area contributed by atoms with Crippen molar-refractivity contribution in [2.45, 2.75) is 100 Å². The van der Waals surface area contributed by atoms with Crippen LogP contribution in [0.3, 0.4) is 0 Å². The van der Waals surface area contributed by atoms with Crippen LogP contribution in [0.1, 0.15) is 100 Å². The van der Waals surface area contributed by atoms with Crippen molar-refractivity contribution < 1.29 is 0 Å². The Kier molecular flexibility index (Phi) is 11.6. The van der Waals surface area contributed by atoms with E-state index in [4.69, 9.17) is 0 Å². The van der Waals surface area contributed by atoms with Gasteiger partial charge in [-0.15, -0.1) is 0 Å². The van der Waals surface area contributed by atoms with Gasteiger partial charge in [0.25, 0.3) is 0 Å². The lowest BCUT2D eigenvalue weighted by atomic mass is 9.75. The van der Waals surface area contributed by atoms with E-state index in [-0.39, 0.29) is 0 Å². The molecule has 0 saturated heterocycles. The number of hydrogen-bond donors (Lipinski definition) is 0. The Hall–Kier alpha value is 0. The maximum absolute atomic E-state index is 2.49. The molecular formula is C21H44. The predicted octanol–water partition coefficient (Wildman–Crippen LogP) is 7.57. The summed E-state index contributed by atoms with van der Waals surface area (Å²) < 4.78 is 0. The zero-order valence-electron chi connectivity index (χ0n) is 16.4. The average Bonchev–Trinajstić information content (AvgIpc) is 2.48. The van der Waals surface area contributed by atoms with Gasteiger partial charge in [-0.3, -0.25) is 0 Å². The predicted molar refractivity (Wildman–Crippen MR) is 98.7 cm³/mol. The van der Waals surface area contributed by atoms with E-state index in [0.29, 0.717) is 0 Å². The lowest BCUT2D eigenvalue weighted by Gasteiger charge is -2.30. The monoisotopic (exact) mass is 296 g/mol. The molecule has 0 bridgehead atoms. The first-order chi connectivity index (χ1) is 9.84. The highest BCUT2D eigenvalue weighted by atomic mass is 14.3. The Morgan fingerprint density at radius 1 is 0.571 bits per heavy atom. The summed E-state index contributed by atoms with van der Waals surface area (Å²) in [5.74, 6) is 5.33. The fourth-order valence-corrected chi connectivity index (χ4v) is 3.61. The van der Waals surface area contributed by atoms with Gasteiger partial charge in [0, 0.05) is 0 Å². The van der Waals surface area contributed by atoms with Crippen LogP contribution >= 0.6 is 0 Å². The molecule has 0 fully saturated rings. The fourth-order valence-electron chi connectivity index (χ4n) is 3.61. The molecule has 0 heterocycles. The summed E-state index contributed by atoms with van der Waals surface area (Å²) in [6, 6.07) is 0. The van der Waals surface area contributed by atoms with Crippen molar-refractivity contribution in [3.63, 3.8) is 0 Å². The summed E-state index contributed by atoms with van der Waals surface area (Å²) in [5.41, 5.74) is 0. The third kappa shape index (κ3) is 8.27. The number of rotatable bonds is 12. The fraction of sp³-hybridized carbons (Fsp3) is 1.00. The summed E-state index contributed by atoms with van der Waals surface area (Å²) in [6.45, 7) is 19.3. The van der Waals surface area contributed by atoms with Crippen molar-refractivity contribution in [1.29, 1.82) is 0 Å². The van der Waals surface area contributed by atoms with E-state index >= 15 is 0 Å². The summed E-state index contributed by atoms with van der Waals surface area (Å²) in [5, 5.41) is 0. The van der Waals surface area contributed by atoms with E-state index in [1.807, 2.05) is 0 Å². The van der Waals surface area contributed by atoms with Gasteiger partial charge in [0.1, 0.15) is 0 Å². The highest BCUT2D eigenvalue weighted by Gasteiger charge is 2.23. The van der Waals surface area contributed by atoms with Gasteiger partial charge >= 0.3 is 0 Å². The minimum atomic E-state index is 0.824. The largest absolute Gasteiger partial charge is 0.0651 e. The van der Waals surface area contributed by atoms with Crippen LogP contribution in [0.2, 0.25) is 0 Å². The van der Waals surface area contributed by atoms with E-state index in [1.165, 1.54) is 44.9 Å². The standard InChI is InChI=1S/C21H44/c1-9-17(5)18(6)14-12-11-13-15-21(10-2)20(8)19(7)16(3)4/h16-21H,9-15H2,1-8H3. The first-order valence-electron chi connectivity index (χ1n) is 9.84. The zero-order valence-corrected chi connectivity index (χ0v) is 16.4. The van der Waals surface area contributed by atoms with E-state index in [9.17, 15) is 0 Å². The van der Waals surface area contributed by atoms with Crippen molar-refractivity contribution in [2.24, 2.45) is 35.5 Å². The molecule has 0 saturated carbocycles. The summed E-state index contributed by atoms with van der Waals surface area (Å²) in [4.78, 5) is 0. The second-order valence-corrected chi connectivity index (χ2v) is 8.13. The third-order valence-corrected chi connectivity index (χ3v) is 6.50. The van der Waals surface area contributed by atoms with Gasteiger partial charge in [0.2, 0.25) is 0 Å². The zero-order chi connectivity index (χ0) is 16.4. The Morgan fingerprint density at radius 2 is 1.14 bits per heavy atom. The first-order valence-corrected chi connectivity index (χ1v) is 9.84. The van der Waals surface area contributed by atoms with Crippen LogP contribution < -0.4 is 0 Å². The van der Waals surface area contributed by atoms with Crippen LogP contribution in [0.25, 0.3) is 0 Å².